The molecule has 0 spiro atoms. The van der Waals surface area contributed by atoms with E-state index < -0.39 is 0 Å². The Kier molecular flexibility index (Phi) is 4.94. The molecule has 1 amide bonds. The third-order valence-corrected chi connectivity index (χ3v) is 2.83. The highest BCUT2D eigenvalue weighted by molar-refractivity contribution is 5.78. The maximum Gasteiger partial charge on any atom is 0.222 e. The number of carbonyl (C=O) groups is 1. The molecule has 0 aromatic rings. The van der Waals surface area contributed by atoms with Crippen molar-refractivity contribution in [2.45, 2.75) is 39.0 Å². The highest BCUT2D eigenvalue weighted by atomic mass is 16.1. The molecule has 0 heterocycles. The van der Waals surface area contributed by atoms with Crippen molar-refractivity contribution >= 4 is 5.91 Å². The van der Waals surface area contributed by atoms with Gasteiger partial charge < -0.3 is 11.1 Å². The van der Waals surface area contributed by atoms with Gasteiger partial charge in [-0.2, -0.15) is 0 Å². The number of hydrogen-bond donors (Lipinski definition) is 2. The SMILES string of the molecule is CC(CCN)C(=O)NCCCC1CC1. The van der Waals surface area contributed by atoms with Crippen LogP contribution >= 0.6 is 0 Å². The summed E-state index contributed by atoms with van der Waals surface area (Å²) in [6.45, 7) is 3.37. The summed E-state index contributed by atoms with van der Waals surface area (Å²) in [5, 5.41) is 2.96. The molecule has 3 N–H and O–H groups in total. The van der Waals surface area contributed by atoms with E-state index in [0.717, 1.165) is 25.3 Å². The molecule has 3 nitrogen and oxygen atoms in total. The van der Waals surface area contributed by atoms with E-state index in [1.54, 1.807) is 0 Å². The van der Waals surface area contributed by atoms with E-state index >= 15 is 0 Å². The summed E-state index contributed by atoms with van der Waals surface area (Å²) >= 11 is 0. The standard InChI is InChI=1S/C11H22N2O/c1-9(6-7-12)11(14)13-8-2-3-10-4-5-10/h9-10H,2-8,12H2,1H3,(H,13,14). The normalized spacial score (nSPS) is 17.9. The maximum absolute atomic E-state index is 11.4. The van der Waals surface area contributed by atoms with Gasteiger partial charge in [-0.3, -0.25) is 4.79 Å². The van der Waals surface area contributed by atoms with Gasteiger partial charge in [-0.15, -0.1) is 0 Å². The molecule has 82 valence electrons. The molecule has 0 saturated heterocycles. The second kappa shape index (κ2) is 6.02. The molecule has 1 rings (SSSR count). The van der Waals surface area contributed by atoms with Gasteiger partial charge >= 0.3 is 0 Å². The predicted molar refractivity (Wildman–Crippen MR) is 57.8 cm³/mol. The van der Waals surface area contributed by atoms with Gasteiger partial charge in [0, 0.05) is 12.5 Å². The van der Waals surface area contributed by atoms with Crippen LogP contribution in [0.3, 0.4) is 0 Å². The van der Waals surface area contributed by atoms with E-state index in [1.165, 1.54) is 19.3 Å². The molecule has 3 heteroatoms. The molecule has 1 atom stereocenters. The third kappa shape index (κ3) is 4.61. The number of hydrogen-bond acceptors (Lipinski definition) is 2. The lowest BCUT2D eigenvalue weighted by atomic mass is 10.1. The van der Waals surface area contributed by atoms with Crippen LogP contribution in [0.1, 0.15) is 39.0 Å². The second-order valence-corrected chi connectivity index (χ2v) is 4.36. The Labute approximate surface area is 86.4 Å². The molecule has 1 aliphatic carbocycles. The van der Waals surface area contributed by atoms with Crippen molar-refractivity contribution in [3.63, 3.8) is 0 Å². The zero-order valence-corrected chi connectivity index (χ0v) is 9.09. The monoisotopic (exact) mass is 198 g/mol. The minimum absolute atomic E-state index is 0.0703. The van der Waals surface area contributed by atoms with Crippen LogP contribution in [-0.2, 0) is 4.79 Å². The summed E-state index contributed by atoms with van der Waals surface area (Å²) < 4.78 is 0. The number of amides is 1. The smallest absolute Gasteiger partial charge is 0.222 e. The highest BCUT2D eigenvalue weighted by Crippen LogP contribution is 2.33. The van der Waals surface area contributed by atoms with Crippen LogP contribution in [0, 0.1) is 11.8 Å². The first-order valence-corrected chi connectivity index (χ1v) is 5.71. The number of carbonyl (C=O) groups excluding carboxylic acids is 1. The van der Waals surface area contributed by atoms with Gasteiger partial charge in [0.1, 0.15) is 0 Å². The van der Waals surface area contributed by atoms with Gasteiger partial charge in [0.2, 0.25) is 5.91 Å². The van der Waals surface area contributed by atoms with E-state index in [-0.39, 0.29) is 11.8 Å². The average molecular weight is 198 g/mol. The Morgan fingerprint density at radius 3 is 2.86 bits per heavy atom. The number of nitrogens with one attached hydrogen (secondary N) is 1. The Morgan fingerprint density at radius 2 is 2.29 bits per heavy atom. The Balaban J connectivity index is 1.95. The van der Waals surface area contributed by atoms with E-state index in [0.29, 0.717) is 6.54 Å². The molecule has 1 saturated carbocycles. The van der Waals surface area contributed by atoms with Crippen molar-refractivity contribution in [1.82, 2.24) is 5.32 Å². The fourth-order valence-corrected chi connectivity index (χ4v) is 1.56. The lowest BCUT2D eigenvalue weighted by molar-refractivity contribution is -0.124. The third-order valence-electron chi connectivity index (χ3n) is 2.83. The second-order valence-electron chi connectivity index (χ2n) is 4.36. The zero-order valence-electron chi connectivity index (χ0n) is 9.09. The molecule has 14 heavy (non-hydrogen) atoms. The molecule has 0 radical (unpaired) electrons. The van der Waals surface area contributed by atoms with Crippen molar-refractivity contribution < 1.29 is 4.79 Å². The topological polar surface area (TPSA) is 55.1 Å². The van der Waals surface area contributed by atoms with Crippen LogP contribution in [-0.4, -0.2) is 19.0 Å². The summed E-state index contributed by atoms with van der Waals surface area (Å²) in [6.07, 6.45) is 6.00. The number of rotatable bonds is 7. The molecular weight excluding hydrogens is 176 g/mol. The van der Waals surface area contributed by atoms with Crippen LogP contribution in [0.15, 0.2) is 0 Å². The predicted octanol–water partition coefficient (Wildman–Crippen LogP) is 1.28. The first-order chi connectivity index (χ1) is 6.74. The van der Waals surface area contributed by atoms with Gasteiger partial charge in [0.15, 0.2) is 0 Å². The Bertz CT molecular complexity index is 178. The van der Waals surface area contributed by atoms with Gasteiger partial charge in [-0.1, -0.05) is 19.8 Å². The molecular formula is C11H22N2O. The quantitative estimate of drug-likeness (QED) is 0.605. The van der Waals surface area contributed by atoms with Crippen molar-refractivity contribution in [3.05, 3.63) is 0 Å². The molecule has 0 aromatic heterocycles. The van der Waals surface area contributed by atoms with Crippen LogP contribution < -0.4 is 11.1 Å². The van der Waals surface area contributed by atoms with Crippen molar-refractivity contribution in [1.29, 1.82) is 0 Å². The zero-order chi connectivity index (χ0) is 10.4. The minimum atomic E-state index is 0.0703. The summed E-state index contributed by atoms with van der Waals surface area (Å²) in [4.78, 5) is 11.4. The molecule has 1 fully saturated rings. The van der Waals surface area contributed by atoms with E-state index in [9.17, 15) is 4.79 Å². The summed E-state index contributed by atoms with van der Waals surface area (Å²) in [5.74, 6) is 1.19. The molecule has 0 aliphatic heterocycles. The molecule has 0 bridgehead atoms. The van der Waals surface area contributed by atoms with Crippen LogP contribution in [0.2, 0.25) is 0 Å². The molecule has 1 aliphatic rings. The van der Waals surface area contributed by atoms with E-state index in [1.807, 2.05) is 6.92 Å². The fourth-order valence-electron chi connectivity index (χ4n) is 1.56. The minimum Gasteiger partial charge on any atom is -0.356 e. The summed E-state index contributed by atoms with van der Waals surface area (Å²) in [6, 6.07) is 0. The maximum atomic E-state index is 11.4. The largest absolute Gasteiger partial charge is 0.356 e. The van der Waals surface area contributed by atoms with Gasteiger partial charge in [0.05, 0.1) is 0 Å². The Hall–Kier alpha value is -0.570. The lowest BCUT2D eigenvalue weighted by Crippen LogP contribution is -2.31. The van der Waals surface area contributed by atoms with Crippen molar-refractivity contribution in [3.8, 4) is 0 Å². The summed E-state index contributed by atoms with van der Waals surface area (Å²) in [7, 11) is 0. The van der Waals surface area contributed by atoms with E-state index in [4.69, 9.17) is 5.73 Å². The molecule has 1 unspecified atom stereocenters. The Morgan fingerprint density at radius 1 is 1.57 bits per heavy atom. The van der Waals surface area contributed by atoms with Gasteiger partial charge in [-0.25, -0.2) is 0 Å². The highest BCUT2D eigenvalue weighted by Gasteiger charge is 2.20. The first kappa shape index (κ1) is 11.5. The van der Waals surface area contributed by atoms with Crippen LogP contribution in [0.5, 0.6) is 0 Å². The van der Waals surface area contributed by atoms with Crippen LogP contribution in [0.4, 0.5) is 0 Å². The lowest BCUT2D eigenvalue weighted by Gasteiger charge is -2.10. The summed E-state index contributed by atoms with van der Waals surface area (Å²) in [5.41, 5.74) is 5.39. The first-order valence-electron chi connectivity index (χ1n) is 5.71. The van der Waals surface area contributed by atoms with Crippen LogP contribution in [0.25, 0.3) is 0 Å². The van der Waals surface area contributed by atoms with Gasteiger partial charge in [0.25, 0.3) is 0 Å². The van der Waals surface area contributed by atoms with E-state index in [2.05, 4.69) is 5.32 Å². The average Bonchev–Trinajstić information content (AvgIpc) is 2.96. The van der Waals surface area contributed by atoms with Crippen molar-refractivity contribution in [2.75, 3.05) is 13.1 Å². The van der Waals surface area contributed by atoms with Crippen molar-refractivity contribution in [2.24, 2.45) is 17.6 Å². The molecule has 0 aromatic carbocycles. The van der Waals surface area contributed by atoms with Gasteiger partial charge in [-0.05, 0) is 31.7 Å². The fraction of sp³-hybridized carbons (Fsp3) is 0.909. The number of nitrogens with two attached hydrogens (primary N) is 1.